The van der Waals surface area contributed by atoms with Gasteiger partial charge in [-0.25, -0.2) is 8.42 Å². The van der Waals surface area contributed by atoms with Crippen molar-refractivity contribution in [3.05, 3.63) is 54.1 Å². The van der Waals surface area contributed by atoms with Crippen molar-refractivity contribution in [2.75, 3.05) is 30.9 Å². The fourth-order valence-corrected chi connectivity index (χ4v) is 6.65. The van der Waals surface area contributed by atoms with Crippen LogP contribution in [0.1, 0.15) is 18.9 Å². The van der Waals surface area contributed by atoms with E-state index < -0.39 is 9.84 Å². The van der Waals surface area contributed by atoms with Crippen molar-refractivity contribution in [2.24, 2.45) is 0 Å². The molecule has 0 unspecified atom stereocenters. The third-order valence-corrected chi connectivity index (χ3v) is 8.57. The molecular formula is C24H28N4O4S2. The summed E-state index contributed by atoms with van der Waals surface area (Å²) in [4.78, 5) is 14.7. The second kappa shape index (κ2) is 10.2. The molecule has 3 aromatic rings. The lowest BCUT2D eigenvalue weighted by Gasteiger charge is -2.26. The SMILES string of the molecule is CCN(C(=O)CSc1nnc(-c2ccc(OC)cc2)n1-c1ccc(C)cc1)[C@H]1CCS(=O)(=O)C1. The monoisotopic (exact) mass is 500 g/mol. The lowest BCUT2D eigenvalue weighted by atomic mass is 10.2. The van der Waals surface area contributed by atoms with Crippen LogP contribution in [-0.2, 0) is 14.6 Å². The average Bonchev–Trinajstić information content (AvgIpc) is 3.41. The second-order valence-corrected chi connectivity index (χ2v) is 11.4. The van der Waals surface area contributed by atoms with Crippen LogP contribution in [0.5, 0.6) is 5.75 Å². The van der Waals surface area contributed by atoms with Crippen molar-refractivity contribution >= 4 is 27.5 Å². The Morgan fingerprint density at radius 1 is 1.15 bits per heavy atom. The van der Waals surface area contributed by atoms with Crippen LogP contribution >= 0.6 is 11.8 Å². The van der Waals surface area contributed by atoms with E-state index in [1.807, 2.05) is 66.9 Å². The number of hydrogen-bond acceptors (Lipinski definition) is 7. The van der Waals surface area contributed by atoms with Crippen LogP contribution in [0.25, 0.3) is 17.1 Å². The third kappa shape index (κ3) is 5.28. The topological polar surface area (TPSA) is 94.4 Å². The second-order valence-electron chi connectivity index (χ2n) is 8.23. The highest BCUT2D eigenvalue weighted by Crippen LogP contribution is 2.30. The summed E-state index contributed by atoms with van der Waals surface area (Å²) in [5, 5.41) is 9.41. The van der Waals surface area contributed by atoms with Gasteiger partial charge in [-0.1, -0.05) is 29.5 Å². The van der Waals surface area contributed by atoms with E-state index in [1.165, 1.54) is 11.8 Å². The van der Waals surface area contributed by atoms with Crippen molar-refractivity contribution in [1.29, 1.82) is 0 Å². The minimum atomic E-state index is -3.07. The molecule has 34 heavy (non-hydrogen) atoms. The molecular weight excluding hydrogens is 472 g/mol. The number of thioether (sulfide) groups is 1. The van der Waals surface area contributed by atoms with Crippen molar-refractivity contribution in [2.45, 2.75) is 31.5 Å². The molecule has 1 amide bonds. The Hall–Kier alpha value is -2.85. The van der Waals surface area contributed by atoms with E-state index in [4.69, 9.17) is 4.74 Å². The van der Waals surface area contributed by atoms with Crippen LogP contribution in [0.15, 0.2) is 53.7 Å². The first-order valence-corrected chi connectivity index (χ1v) is 13.9. The molecule has 1 aliphatic heterocycles. The molecule has 1 aliphatic rings. The quantitative estimate of drug-likeness (QED) is 0.438. The number of carbonyl (C=O) groups is 1. The summed E-state index contributed by atoms with van der Waals surface area (Å²) in [7, 11) is -1.44. The number of rotatable bonds is 8. The molecule has 1 fully saturated rings. The number of carbonyl (C=O) groups excluding carboxylic acids is 1. The third-order valence-electron chi connectivity index (χ3n) is 5.91. The average molecular weight is 501 g/mol. The number of ether oxygens (including phenoxy) is 1. The molecule has 8 nitrogen and oxygen atoms in total. The smallest absolute Gasteiger partial charge is 0.233 e. The first-order valence-electron chi connectivity index (χ1n) is 11.1. The summed E-state index contributed by atoms with van der Waals surface area (Å²) in [5.74, 6) is 1.64. The van der Waals surface area contributed by atoms with E-state index in [2.05, 4.69) is 10.2 Å². The molecule has 2 heterocycles. The fraction of sp³-hybridized carbons (Fsp3) is 0.375. The van der Waals surface area contributed by atoms with Crippen molar-refractivity contribution in [3.63, 3.8) is 0 Å². The van der Waals surface area contributed by atoms with Crippen LogP contribution in [0.3, 0.4) is 0 Å². The van der Waals surface area contributed by atoms with E-state index >= 15 is 0 Å². The zero-order valence-corrected chi connectivity index (χ0v) is 21.1. The van der Waals surface area contributed by atoms with Crippen LogP contribution in [0.4, 0.5) is 0 Å². The molecule has 0 aliphatic carbocycles. The Labute approximate surface area is 204 Å². The molecule has 1 atom stereocenters. The first kappa shape index (κ1) is 24.3. The van der Waals surface area contributed by atoms with E-state index in [9.17, 15) is 13.2 Å². The van der Waals surface area contributed by atoms with Crippen LogP contribution in [0.2, 0.25) is 0 Å². The molecule has 0 spiro atoms. The highest BCUT2D eigenvalue weighted by molar-refractivity contribution is 7.99. The zero-order chi connectivity index (χ0) is 24.3. The van der Waals surface area contributed by atoms with Crippen LogP contribution in [-0.4, -0.2) is 70.9 Å². The number of methoxy groups -OCH3 is 1. The minimum absolute atomic E-state index is 0.0401. The lowest BCUT2D eigenvalue weighted by molar-refractivity contribution is -0.129. The highest BCUT2D eigenvalue weighted by Gasteiger charge is 2.34. The summed E-state index contributed by atoms with van der Waals surface area (Å²) in [6.07, 6.45) is 0.494. The maximum Gasteiger partial charge on any atom is 0.233 e. The molecule has 0 saturated carbocycles. The van der Waals surface area contributed by atoms with Crippen LogP contribution in [0, 0.1) is 6.92 Å². The Morgan fingerprint density at radius 3 is 2.44 bits per heavy atom. The molecule has 180 valence electrons. The van der Waals surface area contributed by atoms with Gasteiger partial charge in [-0.15, -0.1) is 10.2 Å². The summed E-state index contributed by atoms with van der Waals surface area (Å²) < 4.78 is 31.0. The molecule has 4 rings (SSSR count). The highest BCUT2D eigenvalue weighted by atomic mass is 32.2. The van der Waals surface area contributed by atoms with Gasteiger partial charge in [-0.3, -0.25) is 9.36 Å². The number of sulfone groups is 1. The van der Waals surface area contributed by atoms with Gasteiger partial charge < -0.3 is 9.64 Å². The Balaban J connectivity index is 1.60. The van der Waals surface area contributed by atoms with Crippen molar-refractivity contribution in [1.82, 2.24) is 19.7 Å². The summed E-state index contributed by atoms with van der Waals surface area (Å²) in [6.45, 7) is 4.38. The summed E-state index contributed by atoms with van der Waals surface area (Å²) >= 11 is 1.30. The van der Waals surface area contributed by atoms with E-state index in [-0.39, 0.29) is 29.2 Å². The van der Waals surface area contributed by atoms with Gasteiger partial charge in [0.05, 0.1) is 24.4 Å². The zero-order valence-electron chi connectivity index (χ0n) is 19.5. The molecule has 1 aromatic heterocycles. The van der Waals surface area contributed by atoms with Gasteiger partial charge in [0.15, 0.2) is 20.8 Å². The van der Waals surface area contributed by atoms with Gasteiger partial charge in [0.1, 0.15) is 5.75 Å². The number of nitrogens with zero attached hydrogens (tertiary/aromatic N) is 4. The first-order chi connectivity index (χ1) is 16.3. The number of aromatic nitrogens is 3. The normalized spacial score (nSPS) is 17.0. The standard InChI is InChI=1S/C24H28N4O4S2/c1-4-27(20-13-14-34(30,31)16-20)22(29)15-33-24-26-25-23(18-7-11-21(32-3)12-8-18)28(24)19-9-5-17(2)6-10-19/h5-12,20H,4,13-16H2,1-3H3/t20-/m0/s1. The Bertz CT molecular complexity index is 1260. The number of aryl methyl sites for hydroxylation is 1. The number of amides is 1. The lowest BCUT2D eigenvalue weighted by Crippen LogP contribution is -2.42. The van der Waals surface area contributed by atoms with Gasteiger partial charge in [-0.2, -0.15) is 0 Å². The molecule has 0 bridgehead atoms. The maximum atomic E-state index is 13.0. The van der Waals surface area contributed by atoms with Gasteiger partial charge in [0, 0.05) is 23.8 Å². The molecule has 0 N–H and O–H groups in total. The van der Waals surface area contributed by atoms with E-state index in [0.717, 1.165) is 22.6 Å². The summed E-state index contributed by atoms with van der Waals surface area (Å²) in [5.41, 5.74) is 2.90. The van der Waals surface area contributed by atoms with Crippen molar-refractivity contribution < 1.29 is 17.9 Å². The van der Waals surface area contributed by atoms with Gasteiger partial charge in [0.2, 0.25) is 5.91 Å². The molecule has 0 radical (unpaired) electrons. The molecule has 1 saturated heterocycles. The maximum absolute atomic E-state index is 13.0. The fourth-order valence-electron chi connectivity index (χ4n) is 4.09. The van der Waals surface area contributed by atoms with Gasteiger partial charge in [-0.05, 0) is 56.7 Å². The van der Waals surface area contributed by atoms with Crippen molar-refractivity contribution in [3.8, 4) is 22.8 Å². The molecule has 2 aromatic carbocycles. The Kier molecular flexibility index (Phi) is 7.27. The Morgan fingerprint density at radius 2 is 1.85 bits per heavy atom. The van der Waals surface area contributed by atoms with Gasteiger partial charge >= 0.3 is 0 Å². The summed E-state index contributed by atoms with van der Waals surface area (Å²) in [6, 6.07) is 15.4. The number of hydrogen-bond donors (Lipinski definition) is 0. The minimum Gasteiger partial charge on any atom is -0.497 e. The largest absolute Gasteiger partial charge is 0.497 e. The predicted octanol–water partition coefficient (Wildman–Crippen LogP) is 3.38. The molecule has 10 heteroatoms. The van der Waals surface area contributed by atoms with E-state index in [1.54, 1.807) is 12.0 Å². The van der Waals surface area contributed by atoms with Crippen LogP contribution < -0.4 is 4.74 Å². The van der Waals surface area contributed by atoms with Gasteiger partial charge in [0.25, 0.3) is 0 Å². The predicted molar refractivity (Wildman–Crippen MR) is 133 cm³/mol. The van der Waals surface area contributed by atoms with E-state index in [0.29, 0.717) is 23.9 Å². The number of benzene rings is 2.